The van der Waals surface area contributed by atoms with Crippen LogP contribution in [0.5, 0.6) is 5.75 Å². The largest absolute Gasteiger partial charge is 0.632 e. The molecule has 13 heteroatoms. The van der Waals surface area contributed by atoms with Crippen LogP contribution >= 0.6 is 11.8 Å². The fraction of sp³-hybridized carbons (Fsp3) is 0.542. The molecule has 2 aliphatic rings. The highest BCUT2D eigenvalue weighted by Gasteiger charge is 2.40. The van der Waals surface area contributed by atoms with E-state index in [1.165, 1.54) is 21.1 Å². The fourth-order valence-corrected chi connectivity index (χ4v) is 7.39. The predicted octanol–water partition coefficient (Wildman–Crippen LogP) is 2.11. The van der Waals surface area contributed by atoms with Gasteiger partial charge in [0.15, 0.2) is 5.52 Å². The van der Waals surface area contributed by atoms with Crippen molar-refractivity contribution in [2.45, 2.75) is 37.6 Å². The maximum Gasteiger partial charge on any atom is 0.277 e. The molecule has 0 spiro atoms. The quantitative estimate of drug-likeness (QED) is 0.334. The Balaban J connectivity index is 1.53. The van der Waals surface area contributed by atoms with Crippen molar-refractivity contribution in [1.82, 2.24) is 24.1 Å². The monoisotopic (exact) mass is 548 g/mol. The van der Waals surface area contributed by atoms with E-state index in [4.69, 9.17) is 9.72 Å². The average Bonchev–Trinajstić information content (AvgIpc) is 3.14. The van der Waals surface area contributed by atoms with Gasteiger partial charge in [0, 0.05) is 18.6 Å². The normalized spacial score (nSPS) is 18.7. The van der Waals surface area contributed by atoms with E-state index in [-0.39, 0.29) is 53.1 Å². The molecule has 3 aromatic rings. The molecule has 2 fully saturated rings. The van der Waals surface area contributed by atoms with E-state index in [1.54, 1.807) is 24.9 Å². The van der Waals surface area contributed by atoms with Crippen molar-refractivity contribution < 1.29 is 17.8 Å². The molecule has 2 aromatic heterocycles. The van der Waals surface area contributed by atoms with E-state index < -0.39 is 10.0 Å². The van der Waals surface area contributed by atoms with E-state index in [9.17, 15) is 18.4 Å². The summed E-state index contributed by atoms with van der Waals surface area (Å²) in [5.74, 6) is 2.32. The molecular weight excluding hydrogens is 516 g/mol. The number of aromatic amines is 1. The van der Waals surface area contributed by atoms with Gasteiger partial charge in [0.2, 0.25) is 10.0 Å². The number of aromatic nitrogens is 4. The molecule has 0 bridgehead atoms. The van der Waals surface area contributed by atoms with Gasteiger partial charge in [-0.05, 0) is 31.5 Å². The minimum atomic E-state index is -3.87. The number of aryl methyl sites for hydroxylation is 2. The molecule has 1 aromatic carbocycles. The molecule has 0 atom stereocenters. The number of hydrogen-bond donors (Lipinski definition) is 1. The molecule has 37 heavy (non-hydrogen) atoms. The Morgan fingerprint density at radius 1 is 1.24 bits per heavy atom. The zero-order chi connectivity index (χ0) is 26.4. The third-order valence-electron chi connectivity index (χ3n) is 7.13. The molecule has 2 saturated heterocycles. The van der Waals surface area contributed by atoms with Crippen molar-refractivity contribution in [3.05, 3.63) is 39.5 Å². The molecule has 2 aliphatic heterocycles. The number of nitrogens with one attached hydrogen (secondary N) is 1. The summed E-state index contributed by atoms with van der Waals surface area (Å²) in [5.41, 5.74) is 1.60. The number of fused-ring (bicyclic) bond motifs is 1. The standard InChI is InChI=1S/C24H32N6O5S2/c1-4-6-19-21-22(28(3)27-19)24(31)26-23(25-21)18-13-17(7-8-20(18)35-5-2)37(33,34)29-9-11-30(32,12-10-29)16-14-36-15-16/h7-8,13,16H,4-6,9-12,14-15H2,1-3H3,(H,25,26,31). The van der Waals surface area contributed by atoms with Crippen LogP contribution in [0.25, 0.3) is 22.4 Å². The number of H-pyrrole nitrogens is 1. The lowest BCUT2D eigenvalue weighted by Gasteiger charge is -2.55. The molecule has 4 heterocycles. The van der Waals surface area contributed by atoms with Crippen LogP contribution in [-0.4, -0.2) is 87.5 Å². The first-order valence-corrected chi connectivity index (χ1v) is 15.2. The lowest BCUT2D eigenvalue weighted by molar-refractivity contribution is -0.904. The number of piperazine rings is 1. The SMILES string of the molecule is CCCc1nn(C)c2c(=O)[nH]c(-c3cc(S(=O)(=O)N4CC[N+]([O-])(C5CSC5)CC4)ccc3OCC)nc12. The lowest BCUT2D eigenvalue weighted by atomic mass is 10.1. The van der Waals surface area contributed by atoms with E-state index in [1.807, 2.05) is 13.8 Å². The molecule has 200 valence electrons. The predicted molar refractivity (Wildman–Crippen MR) is 143 cm³/mol. The Kier molecular flexibility index (Phi) is 7.09. The number of ether oxygens (including phenoxy) is 1. The first-order valence-electron chi connectivity index (χ1n) is 12.6. The first-order chi connectivity index (χ1) is 17.7. The highest BCUT2D eigenvalue weighted by molar-refractivity contribution is 8.00. The van der Waals surface area contributed by atoms with Gasteiger partial charge in [-0.3, -0.25) is 9.48 Å². The minimum Gasteiger partial charge on any atom is -0.632 e. The molecule has 0 radical (unpaired) electrons. The highest BCUT2D eigenvalue weighted by atomic mass is 32.2. The fourth-order valence-electron chi connectivity index (χ4n) is 4.95. The molecular formula is C24H32N6O5S2. The van der Waals surface area contributed by atoms with Crippen molar-refractivity contribution in [3.63, 3.8) is 0 Å². The molecule has 0 saturated carbocycles. The third-order valence-corrected chi connectivity index (χ3v) is 10.3. The van der Waals surface area contributed by atoms with Crippen LogP contribution in [0.3, 0.4) is 0 Å². The van der Waals surface area contributed by atoms with Crippen molar-refractivity contribution in [2.75, 3.05) is 44.3 Å². The van der Waals surface area contributed by atoms with E-state index in [0.29, 0.717) is 41.1 Å². The number of hydrogen-bond acceptors (Lipinski definition) is 8. The molecule has 0 amide bonds. The zero-order valence-corrected chi connectivity index (χ0v) is 22.9. The Hall–Kier alpha value is -2.45. The second kappa shape index (κ2) is 10.0. The Morgan fingerprint density at radius 3 is 2.59 bits per heavy atom. The van der Waals surface area contributed by atoms with Crippen molar-refractivity contribution in [2.24, 2.45) is 7.05 Å². The Bertz CT molecular complexity index is 1470. The summed E-state index contributed by atoms with van der Waals surface area (Å²) in [6.07, 6.45) is 1.50. The number of sulfonamides is 1. The van der Waals surface area contributed by atoms with Crippen LogP contribution in [0.2, 0.25) is 0 Å². The summed E-state index contributed by atoms with van der Waals surface area (Å²) in [4.78, 5) is 20.6. The van der Waals surface area contributed by atoms with E-state index >= 15 is 0 Å². The lowest BCUT2D eigenvalue weighted by Crippen LogP contribution is -2.64. The number of benzene rings is 1. The number of nitrogens with zero attached hydrogens (tertiary/aromatic N) is 5. The van der Waals surface area contributed by atoms with Gasteiger partial charge < -0.3 is 19.6 Å². The smallest absolute Gasteiger partial charge is 0.277 e. The highest BCUT2D eigenvalue weighted by Crippen LogP contribution is 2.34. The number of thioether (sulfide) groups is 1. The van der Waals surface area contributed by atoms with E-state index in [2.05, 4.69) is 10.1 Å². The second-order valence-electron chi connectivity index (χ2n) is 9.52. The second-order valence-corrected chi connectivity index (χ2v) is 12.5. The van der Waals surface area contributed by atoms with Crippen LogP contribution < -0.4 is 10.3 Å². The van der Waals surface area contributed by atoms with Gasteiger partial charge in [-0.2, -0.15) is 9.40 Å². The molecule has 1 N–H and O–H groups in total. The van der Waals surface area contributed by atoms with Gasteiger partial charge in [-0.1, -0.05) is 13.3 Å². The van der Waals surface area contributed by atoms with Crippen LogP contribution in [0.15, 0.2) is 27.9 Å². The minimum absolute atomic E-state index is 0.0647. The maximum atomic E-state index is 13.6. The third kappa shape index (κ3) is 4.67. The zero-order valence-electron chi connectivity index (χ0n) is 21.3. The summed E-state index contributed by atoms with van der Waals surface area (Å²) in [6.45, 7) is 5.06. The van der Waals surface area contributed by atoms with Crippen LogP contribution in [0.1, 0.15) is 26.0 Å². The number of hydroxylamine groups is 3. The van der Waals surface area contributed by atoms with E-state index in [0.717, 1.165) is 17.9 Å². The van der Waals surface area contributed by atoms with Gasteiger partial charge in [0.05, 0.1) is 48.9 Å². The summed E-state index contributed by atoms with van der Waals surface area (Å²) in [5, 5.41) is 17.6. The maximum absolute atomic E-state index is 13.6. The van der Waals surface area contributed by atoms with Gasteiger partial charge in [0.25, 0.3) is 5.56 Å². The van der Waals surface area contributed by atoms with Gasteiger partial charge in [0.1, 0.15) is 23.1 Å². The van der Waals surface area contributed by atoms with Gasteiger partial charge in [-0.15, -0.1) is 11.8 Å². The topological polar surface area (TPSA) is 133 Å². The molecule has 11 nitrogen and oxygen atoms in total. The molecule has 5 rings (SSSR count). The summed E-state index contributed by atoms with van der Waals surface area (Å²) >= 11 is 1.76. The molecule has 0 unspecified atom stereocenters. The summed E-state index contributed by atoms with van der Waals surface area (Å²) < 4.78 is 35.5. The number of quaternary nitrogens is 1. The summed E-state index contributed by atoms with van der Waals surface area (Å²) in [6, 6.07) is 4.66. The van der Waals surface area contributed by atoms with Gasteiger partial charge >= 0.3 is 0 Å². The average molecular weight is 549 g/mol. The first kappa shape index (κ1) is 26.2. The molecule has 0 aliphatic carbocycles. The Labute approximate surface area is 220 Å². The van der Waals surface area contributed by atoms with Crippen molar-refractivity contribution >= 4 is 32.8 Å². The van der Waals surface area contributed by atoms with Gasteiger partial charge in [-0.25, -0.2) is 13.4 Å². The van der Waals surface area contributed by atoms with Crippen LogP contribution in [0.4, 0.5) is 0 Å². The van der Waals surface area contributed by atoms with Crippen molar-refractivity contribution in [1.29, 1.82) is 0 Å². The van der Waals surface area contributed by atoms with Crippen LogP contribution in [-0.2, 0) is 23.5 Å². The Morgan fingerprint density at radius 2 is 1.97 bits per heavy atom. The van der Waals surface area contributed by atoms with Crippen LogP contribution in [0, 0.1) is 5.21 Å². The number of rotatable bonds is 8. The summed E-state index contributed by atoms with van der Waals surface area (Å²) in [7, 11) is -2.16. The van der Waals surface area contributed by atoms with Crippen molar-refractivity contribution in [3.8, 4) is 17.1 Å².